The van der Waals surface area contributed by atoms with Crippen LogP contribution in [0.4, 0.5) is 0 Å². The summed E-state index contributed by atoms with van der Waals surface area (Å²) in [7, 11) is 0. The smallest absolute Gasteiger partial charge is 0.0612 e. The van der Waals surface area contributed by atoms with E-state index in [1.807, 2.05) is 0 Å². The van der Waals surface area contributed by atoms with Gasteiger partial charge in [-0.25, -0.2) is 0 Å². The number of aliphatic hydroxyl groups excluding tert-OH is 1. The van der Waals surface area contributed by atoms with Gasteiger partial charge < -0.3 is 15.6 Å². The number of nitrogens with two attached hydrogens (primary N) is 1. The molecule has 0 radical (unpaired) electrons. The van der Waals surface area contributed by atoms with Crippen molar-refractivity contribution in [3.63, 3.8) is 0 Å². The van der Waals surface area contributed by atoms with Crippen LogP contribution in [0.25, 0.3) is 0 Å². The molecule has 2 rings (SSSR count). The topological polar surface area (TPSA) is 55.5 Å². The van der Waals surface area contributed by atoms with E-state index in [0.29, 0.717) is 6.10 Å². The van der Waals surface area contributed by atoms with Crippen LogP contribution in [-0.4, -0.2) is 29.5 Å². The van der Waals surface area contributed by atoms with Crippen LogP contribution in [0.15, 0.2) is 0 Å². The van der Waals surface area contributed by atoms with E-state index in [0.717, 1.165) is 25.2 Å². The first kappa shape index (κ1) is 12.3. The van der Waals surface area contributed by atoms with Crippen LogP contribution in [0.5, 0.6) is 0 Å². The quantitative estimate of drug-likeness (QED) is 0.773. The maximum atomic E-state index is 9.21. The van der Waals surface area contributed by atoms with Crippen LogP contribution >= 0.6 is 0 Å². The van der Waals surface area contributed by atoms with E-state index in [4.69, 9.17) is 10.5 Å². The van der Waals surface area contributed by atoms with Crippen LogP contribution in [0, 0.1) is 5.92 Å². The van der Waals surface area contributed by atoms with Crippen LogP contribution in [0.1, 0.15) is 51.9 Å². The lowest BCUT2D eigenvalue weighted by Gasteiger charge is -2.30. The zero-order valence-corrected chi connectivity index (χ0v) is 10.3. The fourth-order valence-corrected chi connectivity index (χ4v) is 3.14. The number of hydrogen-bond donors (Lipinski definition) is 2. The first-order chi connectivity index (χ1) is 7.61. The zero-order chi connectivity index (χ0) is 11.6. The highest BCUT2D eigenvalue weighted by atomic mass is 16.5. The second-order valence-electron chi connectivity index (χ2n) is 5.92. The van der Waals surface area contributed by atoms with Crippen molar-refractivity contribution >= 4 is 0 Å². The maximum absolute atomic E-state index is 9.21. The highest BCUT2D eigenvalue weighted by molar-refractivity contribution is 4.94. The third kappa shape index (κ3) is 2.96. The Hall–Kier alpha value is -0.120. The average Bonchev–Trinajstić information content (AvgIpc) is 2.61. The summed E-state index contributed by atoms with van der Waals surface area (Å²) in [6, 6.07) is 0. The predicted molar refractivity (Wildman–Crippen MR) is 64.1 cm³/mol. The van der Waals surface area contributed by atoms with Gasteiger partial charge in [0.15, 0.2) is 0 Å². The fourth-order valence-electron chi connectivity index (χ4n) is 3.14. The predicted octanol–water partition coefficient (Wildman–Crippen LogP) is 1.82. The first-order valence-electron chi connectivity index (χ1n) is 6.66. The molecule has 3 N–H and O–H groups in total. The van der Waals surface area contributed by atoms with E-state index in [1.165, 1.54) is 25.7 Å². The van der Waals surface area contributed by atoms with E-state index in [-0.39, 0.29) is 18.2 Å². The van der Waals surface area contributed by atoms with Gasteiger partial charge in [0.25, 0.3) is 0 Å². The zero-order valence-electron chi connectivity index (χ0n) is 10.3. The van der Waals surface area contributed by atoms with Gasteiger partial charge >= 0.3 is 0 Å². The number of rotatable bonds is 3. The minimum Gasteiger partial charge on any atom is -0.394 e. The fraction of sp³-hybridized carbons (Fsp3) is 1.00. The molecule has 16 heavy (non-hydrogen) atoms. The minimum absolute atomic E-state index is 0.0912. The van der Waals surface area contributed by atoms with E-state index in [2.05, 4.69) is 6.92 Å². The Morgan fingerprint density at radius 1 is 1.31 bits per heavy atom. The Kier molecular flexibility index (Phi) is 3.88. The third-order valence-corrected chi connectivity index (χ3v) is 4.19. The van der Waals surface area contributed by atoms with Crippen molar-refractivity contribution in [1.82, 2.24) is 0 Å². The molecule has 0 aliphatic heterocycles. The van der Waals surface area contributed by atoms with Crippen molar-refractivity contribution in [3.8, 4) is 0 Å². The normalized spacial score (nSPS) is 44.8. The molecule has 3 nitrogen and oxygen atoms in total. The monoisotopic (exact) mass is 227 g/mol. The summed E-state index contributed by atoms with van der Waals surface area (Å²) < 4.78 is 6.13. The molecule has 0 spiro atoms. The minimum atomic E-state index is -0.370. The Bertz CT molecular complexity index is 234. The SMILES string of the molecule is CC1CCCC(OC2CCC(N)(CO)C2)C1. The Morgan fingerprint density at radius 3 is 2.75 bits per heavy atom. The van der Waals surface area contributed by atoms with Gasteiger partial charge in [-0.15, -0.1) is 0 Å². The van der Waals surface area contributed by atoms with Crippen LogP contribution < -0.4 is 5.73 Å². The molecular formula is C13H25NO2. The number of hydrogen-bond acceptors (Lipinski definition) is 3. The molecule has 4 atom stereocenters. The summed E-state index contributed by atoms with van der Waals surface area (Å²) in [4.78, 5) is 0. The van der Waals surface area contributed by atoms with E-state index in [9.17, 15) is 5.11 Å². The average molecular weight is 227 g/mol. The van der Waals surface area contributed by atoms with Crippen molar-refractivity contribution < 1.29 is 9.84 Å². The van der Waals surface area contributed by atoms with Crippen LogP contribution in [0.3, 0.4) is 0 Å². The molecule has 0 amide bonds. The maximum Gasteiger partial charge on any atom is 0.0612 e. The molecule has 0 bridgehead atoms. The first-order valence-corrected chi connectivity index (χ1v) is 6.66. The molecule has 2 aliphatic carbocycles. The molecule has 0 aromatic rings. The molecule has 94 valence electrons. The molecular weight excluding hydrogens is 202 g/mol. The molecule has 2 fully saturated rings. The van der Waals surface area contributed by atoms with Gasteiger partial charge in [0.2, 0.25) is 0 Å². The van der Waals surface area contributed by atoms with Gasteiger partial charge in [-0.1, -0.05) is 19.8 Å². The van der Waals surface area contributed by atoms with Gasteiger partial charge in [0.1, 0.15) is 0 Å². The molecule has 0 saturated heterocycles. The summed E-state index contributed by atoms with van der Waals surface area (Å²) in [6.07, 6.45) is 8.52. The molecule has 3 heteroatoms. The summed E-state index contributed by atoms with van der Waals surface area (Å²) in [5.41, 5.74) is 5.68. The Labute approximate surface area is 98.4 Å². The second-order valence-corrected chi connectivity index (χ2v) is 5.92. The standard InChI is InChI=1S/C13H25NO2/c1-10-3-2-4-11(7-10)16-12-5-6-13(14,8-12)9-15/h10-12,15H,2-9,14H2,1H3. The Balaban J connectivity index is 1.78. The van der Waals surface area contributed by atoms with Gasteiger partial charge in [0, 0.05) is 5.54 Å². The number of aliphatic hydroxyl groups is 1. The highest BCUT2D eigenvalue weighted by Gasteiger charge is 2.37. The molecule has 0 aromatic carbocycles. The lowest BCUT2D eigenvalue weighted by atomic mass is 9.88. The third-order valence-electron chi connectivity index (χ3n) is 4.19. The second kappa shape index (κ2) is 5.03. The summed E-state index contributed by atoms with van der Waals surface area (Å²) in [5.74, 6) is 0.806. The molecule has 0 heterocycles. The summed E-state index contributed by atoms with van der Waals surface area (Å²) >= 11 is 0. The number of ether oxygens (including phenoxy) is 1. The van der Waals surface area contributed by atoms with Crippen molar-refractivity contribution in [2.24, 2.45) is 11.7 Å². The molecule has 2 aliphatic rings. The summed E-state index contributed by atoms with van der Waals surface area (Å²) in [6.45, 7) is 2.40. The summed E-state index contributed by atoms with van der Waals surface area (Å²) in [5, 5.41) is 9.21. The van der Waals surface area contributed by atoms with Gasteiger partial charge in [0.05, 0.1) is 18.8 Å². The van der Waals surface area contributed by atoms with Crippen molar-refractivity contribution in [3.05, 3.63) is 0 Å². The Morgan fingerprint density at radius 2 is 2.12 bits per heavy atom. The highest BCUT2D eigenvalue weighted by Crippen LogP contribution is 2.33. The van der Waals surface area contributed by atoms with Gasteiger partial charge in [-0.2, -0.15) is 0 Å². The van der Waals surface area contributed by atoms with E-state index in [1.54, 1.807) is 0 Å². The van der Waals surface area contributed by atoms with Crippen molar-refractivity contribution in [1.29, 1.82) is 0 Å². The van der Waals surface area contributed by atoms with E-state index < -0.39 is 0 Å². The molecule has 0 aromatic heterocycles. The lowest BCUT2D eigenvalue weighted by Crippen LogP contribution is -2.41. The van der Waals surface area contributed by atoms with Crippen LogP contribution in [0.2, 0.25) is 0 Å². The lowest BCUT2D eigenvalue weighted by molar-refractivity contribution is -0.0383. The van der Waals surface area contributed by atoms with Gasteiger partial charge in [-0.05, 0) is 38.0 Å². The largest absolute Gasteiger partial charge is 0.394 e. The van der Waals surface area contributed by atoms with Gasteiger partial charge in [-0.3, -0.25) is 0 Å². The van der Waals surface area contributed by atoms with Crippen molar-refractivity contribution in [2.75, 3.05) is 6.61 Å². The molecule has 2 saturated carbocycles. The van der Waals surface area contributed by atoms with Crippen LogP contribution in [-0.2, 0) is 4.74 Å². The van der Waals surface area contributed by atoms with Crippen molar-refractivity contribution in [2.45, 2.75) is 69.6 Å². The van der Waals surface area contributed by atoms with E-state index >= 15 is 0 Å². The molecule has 4 unspecified atom stereocenters.